The Morgan fingerprint density at radius 1 is 0.808 bits per heavy atom. The van der Waals surface area contributed by atoms with Crippen LogP contribution in [-0.2, 0) is 6.61 Å². The van der Waals surface area contributed by atoms with Gasteiger partial charge in [-0.25, -0.2) is 0 Å². The van der Waals surface area contributed by atoms with E-state index in [1.165, 1.54) is 33.6 Å². The smallest absolute Gasteiger partial charge is 0.129 e. The average molecular weight is 337 g/mol. The van der Waals surface area contributed by atoms with Gasteiger partial charge in [-0.3, -0.25) is 0 Å². The van der Waals surface area contributed by atoms with Gasteiger partial charge >= 0.3 is 0 Å². The zero-order valence-corrected chi connectivity index (χ0v) is 14.6. The van der Waals surface area contributed by atoms with E-state index >= 15 is 0 Å². The van der Waals surface area contributed by atoms with Crippen molar-refractivity contribution in [2.75, 3.05) is 0 Å². The van der Waals surface area contributed by atoms with Crippen LogP contribution in [0.25, 0.3) is 28.1 Å². The van der Waals surface area contributed by atoms with Gasteiger partial charge in [-0.15, -0.1) is 0 Å². The van der Waals surface area contributed by atoms with Gasteiger partial charge in [0.05, 0.1) is 5.69 Å². The van der Waals surface area contributed by atoms with Gasteiger partial charge in [0.1, 0.15) is 12.4 Å². The first kappa shape index (κ1) is 15.0. The van der Waals surface area contributed by atoms with Crippen molar-refractivity contribution in [3.63, 3.8) is 0 Å². The quantitative estimate of drug-likeness (QED) is 0.437. The minimum absolute atomic E-state index is 0.593. The summed E-state index contributed by atoms with van der Waals surface area (Å²) in [7, 11) is 0. The number of rotatable bonds is 2. The van der Waals surface area contributed by atoms with Gasteiger partial charge in [-0.1, -0.05) is 54.6 Å². The Bertz CT molecular complexity index is 1090. The molecule has 2 nitrogen and oxygen atoms in total. The maximum Gasteiger partial charge on any atom is 0.129 e. The Balaban J connectivity index is 1.82. The summed E-state index contributed by atoms with van der Waals surface area (Å²) in [6, 6.07) is 27.5. The van der Waals surface area contributed by atoms with Crippen molar-refractivity contribution in [1.82, 2.24) is 4.57 Å². The van der Waals surface area contributed by atoms with Crippen LogP contribution in [0.3, 0.4) is 0 Å². The largest absolute Gasteiger partial charge is 0.488 e. The first-order valence-corrected chi connectivity index (χ1v) is 8.90. The molecule has 0 unspecified atom stereocenters. The minimum Gasteiger partial charge on any atom is -0.488 e. The van der Waals surface area contributed by atoms with E-state index in [-0.39, 0.29) is 0 Å². The third-order valence-electron chi connectivity index (χ3n) is 4.99. The zero-order valence-electron chi connectivity index (χ0n) is 14.6. The molecule has 5 rings (SSSR count). The van der Waals surface area contributed by atoms with Gasteiger partial charge in [0.25, 0.3) is 0 Å². The highest BCUT2D eigenvalue weighted by Gasteiger charge is 2.25. The van der Waals surface area contributed by atoms with Crippen molar-refractivity contribution in [2.24, 2.45) is 0 Å². The van der Waals surface area contributed by atoms with Gasteiger partial charge in [0.15, 0.2) is 0 Å². The van der Waals surface area contributed by atoms with Crippen LogP contribution in [0.4, 0.5) is 0 Å². The summed E-state index contributed by atoms with van der Waals surface area (Å²) in [5.74, 6) is 0.951. The van der Waals surface area contributed by atoms with Gasteiger partial charge in [-0.05, 0) is 42.3 Å². The molecule has 0 spiro atoms. The van der Waals surface area contributed by atoms with E-state index in [4.69, 9.17) is 4.74 Å². The number of aryl methyl sites for hydroxylation is 1. The Hall–Kier alpha value is -3.26. The Morgan fingerprint density at radius 3 is 2.46 bits per heavy atom. The lowest BCUT2D eigenvalue weighted by Gasteiger charge is -2.21. The van der Waals surface area contributed by atoms with E-state index in [0.717, 1.165) is 11.3 Å². The molecule has 0 atom stereocenters. The number of benzene rings is 3. The molecule has 0 radical (unpaired) electrons. The van der Waals surface area contributed by atoms with Crippen molar-refractivity contribution >= 4 is 0 Å². The molecule has 0 fully saturated rings. The number of hydrogen-bond acceptors (Lipinski definition) is 1. The van der Waals surface area contributed by atoms with Gasteiger partial charge < -0.3 is 9.30 Å². The topological polar surface area (TPSA) is 14.2 Å². The molecule has 1 aromatic heterocycles. The molecule has 0 N–H and O–H groups in total. The molecule has 0 bridgehead atoms. The van der Waals surface area contributed by atoms with Crippen molar-refractivity contribution in [3.8, 4) is 33.8 Å². The monoisotopic (exact) mass is 337 g/mol. The molecular weight excluding hydrogens is 318 g/mol. The molecule has 2 heterocycles. The Kier molecular flexibility index (Phi) is 3.42. The van der Waals surface area contributed by atoms with E-state index in [2.05, 4.69) is 84.4 Å². The van der Waals surface area contributed by atoms with Crippen LogP contribution in [0, 0.1) is 6.92 Å². The average Bonchev–Trinajstić information content (AvgIpc) is 3.09. The van der Waals surface area contributed by atoms with Crippen molar-refractivity contribution in [2.45, 2.75) is 13.5 Å². The van der Waals surface area contributed by atoms with Crippen LogP contribution in [-0.4, -0.2) is 4.57 Å². The molecule has 4 aromatic rings. The lowest BCUT2D eigenvalue weighted by molar-refractivity contribution is 0.302. The van der Waals surface area contributed by atoms with Gasteiger partial charge in [0, 0.05) is 28.6 Å². The SMILES string of the molecule is Cc1cccc(-n2cc(-c3ccccc3)c3c2-c2ccccc2OC3)c1. The molecule has 0 saturated heterocycles. The standard InChI is InChI=1S/C24H19NO/c1-17-8-7-11-19(14-17)25-15-21(18-9-3-2-4-10-18)22-16-26-23-13-6-5-12-20(23)24(22)25/h2-15H,16H2,1H3. The van der Waals surface area contributed by atoms with E-state index in [0.29, 0.717) is 6.61 Å². The summed E-state index contributed by atoms with van der Waals surface area (Å²) in [5.41, 5.74) is 8.52. The normalized spacial score (nSPS) is 12.2. The zero-order chi connectivity index (χ0) is 17.5. The number of nitrogens with zero attached hydrogens (tertiary/aromatic N) is 1. The van der Waals surface area contributed by atoms with Gasteiger partial charge in [-0.2, -0.15) is 0 Å². The van der Waals surface area contributed by atoms with E-state index in [9.17, 15) is 0 Å². The number of hydrogen-bond donors (Lipinski definition) is 0. The Morgan fingerprint density at radius 2 is 1.62 bits per heavy atom. The third-order valence-corrected chi connectivity index (χ3v) is 4.99. The lowest BCUT2D eigenvalue weighted by Crippen LogP contribution is -2.07. The van der Waals surface area contributed by atoms with Crippen molar-refractivity contribution in [3.05, 3.63) is 96.2 Å². The number of aromatic nitrogens is 1. The molecule has 26 heavy (non-hydrogen) atoms. The van der Waals surface area contributed by atoms with Gasteiger partial charge in [0.2, 0.25) is 0 Å². The second-order valence-corrected chi connectivity index (χ2v) is 6.73. The van der Waals surface area contributed by atoms with E-state index < -0.39 is 0 Å². The summed E-state index contributed by atoms with van der Waals surface area (Å²) in [6.07, 6.45) is 2.25. The van der Waals surface area contributed by atoms with Crippen LogP contribution < -0.4 is 4.74 Å². The molecule has 3 aromatic carbocycles. The summed E-state index contributed by atoms with van der Waals surface area (Å²) >= 11 is 0. The fraction of sp³-hybridized carbons (Fsp3) is 0.0833. The predicted octanol–water partition coefficient (Wildman–Crippen LogP) is 6.01. The highest BCUT2D eigenvalue weighted by Crippen LogP contribution is 2.43. The molecule has 1 aliphatic rings. The van der Waals surface area contributed by atoms with Crippen LogP contribution in [0.1, 0.15) is 11.1 Å². The lowest BCUT2D eigenvalue weighted by atomic mass is 9.98. The van der Waals surface area contributed by atoms with Crippen molar-refractivity contribution < 1.29 is 4.74 Å². The fourth-order valence-electron chi connectivity index (χ4n) is 3.77. The first-order chi connectivity index (χ1) is 12.8. The van der Waals surface area contributed by atoms with Crippen LogP contribution >= 0.6 is 0 Å². The maximum atomic E-state index is 6.07. The highest BCUT2D eigenvalue weighted by molar-refractivity contribution is 5.83. The number of para-hydroxylation sites is 1. The molecule has 1 aliphatic heterocycles. The van der Waals surface area contributed by atoms with Crippen LogP contribution in [0.5, 0.6) is 5.75 Å². The molecule has 2 heteroatoms. The molecule has 0 aliphatic carbocycles. The minimum atomic E-state index is 0.593. The first-order valence-electron chi connectivity index (χ1n) is 8.90. The predicted molar refractivity (Wildman–Crippen MR) is 106 cm³/mol. The molecule has 0 saturated carbocycles. The fourth-order valence-corrected chi connectivity index (χ4v) is 3.77. The highest BCUT2D eigenvalue weighted by atomic mass is 16.5. The number of ether oxygens (including phenoxy) is 1. The van der Waals surface area contributed by atoms with Crippen LogP contribution in [0.15, 0.2) is 85.1 Å². The Labute approximate surface area is 153 Å². The molecule has 126 valence electrons. The van der Waals surface area contributed by atoms with Crippen LogP contribution in [0.2, 0.25) is 0 Å². The van der Waals surface area contributed by atoms with Crippen molar-refractivity contribution in [1.29, 1.82) is 0 Å². The number of fused-ring (bicyclic) bond motifs is 3. The summed E-state index contributed by atoms with van der Waals surface area (Å²) in [6.45, 7) is 2.73. The summed E-state index contributed by atoms with van der Waals surface area (Å²) < 4.78 is 8.38. The second kappa shape index (κ2) is 5.92. The second-order valence-electron chi connectivity index (χ2n) is 6.73. The summed E-state index contributed by atoms with van der Waals surface area (Å²) in [4.78, 5) is 0. The van der Waals surface area contributed by atoms with E-state index in [1.807, 2.05) is 12.1 Å². The summed E-state index contributed by atoms with van der Waals surface area (Å²) in [5, 5.41) is 0. The van der Waals surface area contributed by atoms with E-state index in [1.54, 1.807) is 0 Å². The third kappa shape index (κ3) is 2.34. The molecule has 0 amide bonds. The molecular formula is C24H19NO. The maximum absolute atomic E-state index is 6.07.